The number of alkyl halides is 3. The Morgan fingerprint density at radius 2 is 2.05 bits per heavy atom. The Morgan fingerprint density at radius 1 is 1.38 bits per heavy atom. The fourth-order valence-electron chi connectivity index (χ4n) is 1.78. The zero-order valence-corrected chi connectivity index (χ0v) is 10.8. The first kappa shape index (κ1) is 17.2. The van der Waals surface area contributed by atoms with Gasteiger partial charge in [-0.25, -0.2) is 9.78 Å². The van der Waals surface area contributed by atoms with Crippen LogP contribution in [0.2, 0.25) is 0 Å². The van der Waals surface area contributed by atoms with Gasteiger partial charge in [-0.05, 0) is 25.0 Å². The fourth-order valence-corrected chi connectivity index (χ4v) is 1.78. The van der Waals surface area contributed by atoms with Gasteiger partial charge in [-0.3, -0.25) is 5.32 Å². The molecule has 1 heterocycles. The van der Waals surface area contributed by atoms with E-state index in [4.69, 9.17) is 10.2 Å². The Hall–Kier alpha value is -1.87. The van der Waals surface area contributed by atoms with Gasteiger partial charge >= 0.3 is 12.3 Å². The Kier molecular flexibility index (Phi) is 5.91. The summed E-state index contributed by atoms with van der Waals surface area (Å²) in [6.45, 7) is -0.648. The van der Waals surface area contributed by atoms with E-state index in [-0.39, 0.29) is 11.5 Å². The molecule has 1 rings (SSSR count). The Bertz CT molecular complexity index is 482. The van der Waals surface area contributed by atoms with Gasteiger partial charge in [-0.1, -0.05) is 6.07 Å². The zero-order valence-electron chi connectivity index (χ0n) is 10.8. The summed E-state index contributed by atoms with van der Waals surface area (Å²) in [5, 5.41) is 28.9. The van der Waals surface area contributed by atoms with Crippen LogP contribution in [0.1, 0.15) is 24.6 Å². The standard InChI is InChI=1S/C12H15F3N2O4/c13-12(14,15)7(4-5-18)6-9(19)8-2-1-3-10(16-8)17-11(20)21/h1-3,7,9,18-19H,4-6H2,(H,16,17)(H,20,21)/t7-,9?/m1/s1. The summed E-state index contributed by atoms with van der Waals surface area (Å²) in [6, 6.07) is 3.97. The van der Waals surface area contributed by atoms with Gasteiger partial charge in [-0.15, -0.1) is 0 Å². The predicted molar refractivity (Wildman–Crippen MR) is 66.7 cm³/mol. The minimum atomic E-state index is -4.54. The normalized spacial score (nSPS) is 14.5. The average molecular weight is 308 g/mol. The average Bonchev–Trinajstić information content (AvgIpc) is 2.36. The number of halogens is 3. The first-order valence-electron chi connectivity index (χ1n) is 6.06. The molecule has 0 aliphatic rings. The molecule has 0 aliphatic heterocycles. The largest absolute Gasteiger partial charge is 0.465 e. The monoisotopic (exact) mass is 308 g/mol. The second-order valence-corrected chi connectivity index (χ2v) is 4.38. The highest BCUT2D eigenvalue weighted by atomic mass is 19.4. The van der Waals surface area contributed by atoms with Crippen molar-refractivity contribution in [1.29, 1.82) is 0 Å². The molecule has 0 aliphatic carbocycles. The molecule has 1 unspecified atom stereocenters. The summed E-state index contributed by atoms with van der Waals surface area (Å²) in [5.41, 5.74) is -0.0755. The van der Waals surface area contributed by atoms with Crippen LogP contribution >= 0.6 is 0 Å². The third-order valence-corrected chi connectivity index (χ3v) is 2.80. The summed E-state index contributed by atoms with van der Waals surface area (Å²) >= 11 is 0. The number of pyridine rings is 1. The first-order valence-corrected chi connectivity index (χ1v) is 6.06. The number of nitrogens with one attached hydrogen (secondary N) is 1. The molecule has 1 aromatic rings. The van der Waals surface area contributed by atoms with E-state index in [1.165, 1.54) is 18.2 Å². The van der Waals surface area contributed by atoms with Gasteiger partial charge in [0.1, 0.15) is 5.82 Å². The van der Waals surface area contributed by atoms with Crippen LogP contribution in [-0.4, -0.2) is 39.2 Å². The Balaban J connectivity index is 2.82. The number of aliphatic hydroxyl groups excluding tert-OH is 2. The van der Waals surface area contributed by atoms with Gasteiger partial charge in [-0.2, -0.15) is 13.2 Å². The van der Waals surface area contributed by atoms with E-state index in [1.807, 2.05) is 5.32 Å². The second kappa shape index (κ2) is 7.23. The molecule has 118 valence electrons. The highest BCUT2D eigenvalue weighted by molar-refractivity contribution is 5.81. The predicted octanol–water partition coefficient (Wildman–Crippen LogP) is 2.16. The van der Waals surface area contributed by atoms with Crippen LogP contribution in [0.25, 0.3) is 0 Å². The fraction of sp³-hybridized carbons (Fsp3) is 0.500. The van der Waals surface area contributed by atoms with E-state index in [0.29, 0.717) is 0 Å². The van der Waals surface area contributed by atoms with Gasteiger partial charge in [0.15, 0.2) is 0 Å². The highest BCUT2D eigenvalue weighted by Crippen LogP contribution is 2.35. The number of amides is 1. The summed E-state index contributed by atoms with van der Waals surface area (Å²) in [6.07, 6.45) is -8.61. The van der Waals surface area contributed by atoms with Crippen LogP contribution in [-0.2, 0) is 0 Å². The molecule has 0 bridgehead atoms. The lowest BCUT2D eigenvalue weighted by Crippen LogP contribution is -2.26. The van der Waals surface area contributed by atoms with E-state index >= 15 is 0 Å². The van der Waals surface area contributed by atoms with Crippen molar-refractivity contribution >= 4 is 11.9 Å². The van der Waals surface area contributed by atoms with Crippen LogP contribution in [0.3, 0.4) is 0 Å². The van der Waals surface area contributed by atoms with E-state index in [1.54, 1.807) is 0 Å². The molecule has 0 saturated heterocycles. The van der Waals surface area contributed by atoms with Gasteiger partial charge in [0.2, 0.25) is 0 Å². The quantitative estimate of drug-likeness (QED) is 0.645. The van der Waals surface area contributed by atoms with Crippen LogP contribution < -0.4 is 5.32 Å². The minimum Gasteiger partial charge on any atom is -0.465 e. The molecule has 21 heavy (non-hydrogen) atoms. The molecule has 0 spiro atoms. The smallest absolute Gasteiger partial charge is 0.410 e. The topological polar surface area (TPSA) is 103 Å². The second-order valence-electron chi connectivity index (χ2n) is 4.38. The molecule has 0 aromatic carbocycles. The molecule has 1 aromatic heterocycles. The van der Waals surface area contributed by atoms with Crippen molar-refractivity contribution in [1.82, 2.24) is 4.98 Å². The van der Waals surface area contributed by atoms with Gasteiger partial charge in [0.05, 0.1) is 17.7 Å². The Labute approximate surface area is 118 Å². The first-order chi connectivity index (χ1) is 9.74. The van der Waals surface area contributed by atoms with Crippen molar-refractivity contribution in [2.75, 3.05) is 11.9 Å². The van der Waals surface area contributed by atoms with Crippen LogP contribution in [0, 0.1) is 5.92 Å². The van der Waals surface area contributed by atoms with Crippen molar-refractivity contribution in [2.45, 2.75) is 25.1 Å². The maximum Gasteiger partial charge on any atom is 0.410 e. The maximum atomic E-state index is 12.7. The molecule has 9 heteroatoms. The van der Waals surface area contributed by atoms with Crippen molar-refractivity contribution in [3.63, 3.8) is 0 Å². The SMILES string of the molecule is O=C(O)Nc1cccc(C(O)C[C@@H](CCO)C(F)(F)F)n1. The number of aromatic nitrogens is 1. The number of anilines is 1. The van der Waals surface area contributed by atoms with E-state index < -0.39 is 43.7 Å². The zero-order chi connectivity index (χ0) is 16.0. The summed E-state index contributed by atoms with van der Waals surface area (Å²) in [4.78, 5) is 14.2. The summed E-state index contributed by atoms with van der Waals surface area (Å²) in [7, 11) is 0. The lowest BCUT2D eigenvalue weighted by atomic mass is 9.96. The van der Waals surface area contributed by atoms with Crippen molar-refractivity contribution in [2.24, 2.45) is 5.92 Å². The number of carboxylic acid groups (broad SMARTS) is 1. The third kappa shape index (κ3) is 5.56. The lowest BCUT2D eigenvalue weighted by Gasteiger charge is -2.22. The summed E-state index contributed by atoms with van der Waals surface area (Å²) < 4.78 is 38.1. The molecule has 0 saturated carbocycles. The minimum absolute atomic E-state index is 0.0755. The van der Waals surface area contributed by atoms with Crippen LogP contribution in [0.5, 0.6) is 0 Å². The molecule has 4 N–H and O–H groups in total. The number of nitrogens with zero attached hydrogens (tertiary/aromatic N) is 1. The molecule has 6 nitrogen and oxygen atoms in total. The van der Waals surface area contributed by atoms with Crippen LogP contribution in [0.4, 0.5) is 23.8 Å². The van der Waals surface area contributed by atoms with E-state index in [2.05, 4.69) is 4.98 Å². The number of hydrogen-bond acceptors (Lipinski definition) is 4. The van der Waals surface area contributed by atoms with Crippen molar-refractivity contribution in [3.8, 4) is 0 Å². The molecule has 1 amide bonds. The molecular weight excluding hydrogens is 293 g/mol. The molecule has 0 radical (unpaired) electrons. The van der Waals surface area contributed by atoms with Gasteiger partial charge < -0.3 is 15.3 Å². The number of carbonyl (C=O) groups is 1. The number of aliphatic hydroxyl groups is 2. The third-order valence-electron chi connectivity index (χ3n) is 2.80. The van der Waals surface area contributed by atoms with Crippen molar-refractivity contribution < 1.29 is 33.3 Å². The Morgan fingerprint density at radius 3 is 2.57 bits per heavy atom. The lowest BCUT2D eigenvalue weighted by molar-refractivity contribution is -0.186. The van der Waals surface area contributed by atoms with E-state index in [9.17, 15) is 23.1 Å². The maximum absolute atomic E-state index is 12.7. The van der Waals surface area contributed by atoms with Gasteiger partial charge in [0.25, 0.3) is 0 Å². The molecule has 2 atom stereocenters. The molecule has 0 fully saturated rings. The summed E-state index contributed by atoms with van der Waals surface area (Å²) in [5.74, 6) is -1.96. The molecular formula is C12H15F3N2O4. The number of rotatable bonds is 6. The van der Waals surface area contributed by atoms with Crippen LogP contribution in [0.15, 0.2) is 18.2 Å². The van der Waals surface area contributed by atoms with Crippen molar-refractivity contribution in [3.05, 3.63) is 23.9 Å². The highest BCUT2D eigenvalue weighted by Gasteiger charge is 2.40. The van der Waals surface area contributed by atoms with E-state index in [0.717, 1.165) is 0 Å². The van der Waals surface area contributed by atoms with Gasteiger partial charge in [0, 0.05) is 6.61 Å². The number of hydrogen-bond donors (Lipinski definition) is 4.